The number of benzene rings is 1. The van der Waals surface area contributed by atoms with Gasteiger partial charge < -0.3 is 10.5 Å². The largest absolute Gasteiger partial charge is 0.463 e. The van der Waals surface area contributed by atoms with E-state index in [1.165, 1.54) is 6.08 Å². The van der Waals surface area contributed by atoms with Crippen LogP contribution in [0.2, 0.25) is 5.02 Å². The molecule has 0 atom stereocenters. The molecule has 0 aliphatic carbocycles. The van der Waals surface area contributed by atoms with Crippen molar-refractivity contribution in [3.63, 3.8) is 0 Å². The van der Waals surface area contributed by atoms with E-state index in [9.17, 15) is 4.79 Å². The van der Waals surface area contributed by atoms with Crippen molar-refractivity contribution in [1.29, 1.82) is 0 Å². The predicted octanol–water partition coefficient (Wildman–Crippen LogP) is 3.28. The molecule has 0 spiro atoms. The summed E-state index contributed by atoms with van der Waals surface area (Å²) in [6.45, 7) is 2.49. The zero-order valence-corrected chi connectivity index (χ0v) is 10.5. The molecule has 0 radical (unpaired) electrons. The zero-order chi connectivity index (χ0) is 12.7. The summed E-state index contributed by atoms with van der Waals surface area (Å²) in [6.07, 6.45) is 4.84. The van der Waals surface area contributed by atoms with Crippen molar-refractivity contribution in [2.45, 2.75) is 19.8 Å². The van der Waals surface area contributed by atoms with Crippen LogP contribution in [0.25, 0.3) is 6.08 Å². The van der Waals surface area contributed by atoms with Crippen molar-refractivity contribution in [2.75, 3.05) is 12.3 Å². The number of nitrogens with two attached hydrogens (primary N) is 1. The van der Waals surface area contributed by atoms with E-state index in [1.807, 2.05) is 6.92 Å². The first kappa shape index (κ1) is 13.6. The molecule has 1 aromatic rings. The number of unbranched alkanes of at least 4 members (excludes halogenated alkanes) is 1. The van der Waals surface area contributed by atoms with E-state index in [2.05, 4.69) is 0 Å². The van der Waals surface area contributed by atoms with Crippen molar-refractivity contribution in [3.05, 3.63) is 34.9 Å². The molecule has 0 aromatic heterocycles. The summed E-state index contributed by atoms with van der Waals surface area (Å²) < 4.78 is 4.97. The fourth-order valence-electron chi connectivity index (χ4n) is 1.21. The van der Waals surface area contributed by atoms with Gasteiger partial charge >= 0.3 is 5.97 Å². The number of hydrogen-bond acceptors (Lipinski definition) is 3. The summed E-state index contributed by atoms with van der Waals surface area (Å²) >= 11 is 5.83. The lowest BCUT2D eigenvalue weighted by atomic mass is 10.1. The average Bonchev–Trinajstić information content (AvgIpc) is 2.31. The Labute approximate surface area is 106 Å². The van der Waals surface area contributed by atoms with E-state index in [1.54, 1.807) is 24.3 Å². The van der Waals surface area contributed by atoms with Crippen LogP contribution >= 0.6 is 11.6 Å². The third-order valence-electron chi connectivity index (χ3n) is 2.19. The molecule has 92 valence electrons. The molecule has 0 unspecified atom stereocenters. The summed E-state index contributed by atoms with van der Waals surface area (Å²) in [5, 5.41) is 0.582. The number of rotatable bonds is 5. The second-order valence-electron chi connectivity index (χ2n) is 3.63. The fraction of sp³-hybridized carbons (Fsp3) is 0.308. The molecule has 0 amide bonds. The topological polar surface area (TPSA) is 52.3 Å². The van der Waals surface area contributed by atoms with Gasteiger partial charge in [-0.05, 0) is 36.3 Å². The van der Waals surface area contributed by atoms with Crippen LogP contribution in [0.3, 0.4) is 0 Å². The van der Waals surface area contributed by atoms with E-state index < -0.39 is 0 Å². The van der Waals surface area contributed by atoms with E-state index in [-0.39, 0.29) is 5.97 Å². The Kier molecular flexibility index (Phi) is 5.57. The van der Waals surface area contributed by atoms with Gasteiger partial charge in [-0.15, -0.1) is 0 Å². The summed E-state index contributed by atoms with van der Waals surface area (Å²) in [5.41, 5.74) is 7.02. The Morgan fingerprint density at radius 3 is 3.00 bits per heavy atom. The van der Waals surface area contributed by atoms with Crippen LogP contribution in [0.4, 0.5) is 5.69 Å². The highest BCUT2D eigenvalue weighted by atomic mass is 35.5. The fourth-order valence-corrected chi connectivity index (χ4v) is 1.39. The highest BCUT2D eigenvalue weighted by Crippen LogP contribution is 2.19. The molecule has 0 fully saturated rings. The Hall–Kier alpha value is -1.48. The van der Waals surface area contributed by atoms with Gasteiger partial charge in [0.2, 0.25) is 0 Å². The van der Waals surface area contributed by atoms with Gasteiger partial charge in [-0.3, -0.25) is 0 Å². The van der Waals surface area contributed by atoms with Gasteiger partial charge in [0, 0.05) is 16.8 Å². The molecule has 0 aliphatic rings. The molecular weight excluding hydrogens is 238 g/mol. The molecule has 1 rings (SSSR count). The van der Waals surface area contributed by atoms with Gasteiger partial charge in [0.15, 0.2) is 0 Å². The maximum absolute atomic E-state index is 11.3. The van der Waals surface area contributed by atoms with Crippen LogP contribution in [0.15, 0.2) is 24.3 Å². The quantitative estimate of drug-likeness (QED) is 0.379. The second-order valence-corrected chi connectivity index (χ2v) is 4.06. The molecule has 0 aliphatic heterocycles. The van der Waals surface area contributed by atoms with Crippen LogP contribution in [-0.2, 0) is 9.53 Å². The maximum Gasteiger partial charge on any atom is 0.330 e. The number of carbonyl (C=O) groups is 1. The number of halogens is 1. The second kappa shape index (κ2) is 6.97. The molecule has 2 N–H and O–H groups in total. The minimum atomic E-state index is -0.363. The van der Waals surface area contributed by atoms with Gasteiger partial charge in [-0.1, -0.05) is 24.9 Å². The van der Waals surface area contributed by atoms with E-state index >= 15 is 0 Å². The summed E-state index contributed by atoms with van der Waals surface area (Å²) in [6, 6.07) is 5.10. The van der Waals surface area contributed by atoms with Gasteiger partial charge in [-0.25, -0.2) is 4.79 Å². The van der Waals surface area contributed by atoms with E-state index in [4.69, 9.17) is 22.1 Å². The third kappa shape index (κ3) is 4.91. The van der Waals surface area contributed by atoms with E-state index in [0.717, 1.165) is 12.8 Å². The first-order chi connectivity index (χ1) is 8.13. The van der Waals surface area contributed by atoms with Gasteiger partial charge in [0.05, 0.1) is 6.61 Å². The lowest BCUT2D eigenvalue weighted by Crippen LogP contribution is -2.01. The lowest BCUT2D eigenvalue weighted by molar-refractivity contribution is -0.137. The van der Waals surface area contributed by atoms with Crippen molar-refractivity contribution in [1.82, 2.24) is 0 Å². The SMILES string of the molecule is CCCCOC(=O)/C=C/c1cc(Cl)ccc1N. The van der Waals surface area contributed by atoms with Crippen LogP contribution in [0, 0.1) is 0 Å². The summed E-state index contributed by atoms with van der Waals surface area (Å²) in [5.74, 6) is -0.363. The highest BCUT2D eigenvalue weighted by molar-refractivity contribution is 6.30. The smallest absolute Gasteiger partial charge is 0.330 e. The number of hydrogen-bond donors (Lipinski definition) is 1. The molecular formula is C13H16ClNO2. The molecule has 17 heavy (non-hydrogen) atoms. The number of ether oxygens (including phenoxy) is 1. The van der Waals surface area contributed by atoms with Gasteiger partial charge in [0.1, 0.15) is 0 Å². The van der Waals surface area contributed by atoms with Crippen LogP contribution in [-0.4, -0.2) is 12.6 Å². The standard InChI is InChI=1S/C13H16ClNO2/c1-2-3-8-17-13(16)7-4-10-9-11(14)5-6-12(10)15/h4-7,9H,2-3,8,15H2,1H3/b7-4+. The number of esters is 1. The van der Waals surface area contributed by atoms with Crippen molar-refractivity contribution >= 4 is 29.3 Å². The minimum absolute atomic E-state index is 0.363. The first-order valence-electron chi connectivity index (χ1n) is 5.53. The van der Waals surface area contributed by atoms with Crippen LogP contribution < -0.4 is 5.73 Å². The van der Waals surface area contributed by atoms with Crippen LogP contribution in [0.1, 0.15) is 25.3 Å². The molecule has 0 saturated heterocycles. The third-order valence-corrected chi connectivity index (χ3v) is 2.43. The average molecular weight is 254 g/mol. The van der Waals surface area contributed by atoms with Gasteiger partial charge in [0.25, 0.3) is 0 Å². The van der Waals surface area contributed by atoms with Crippen molar-refractivity contribution < 1.29 is 9.53 Å². The molecule has 4 heteroatoms. The Bertz CT molecular complexity index is 416. The molecule has 1 aromatic carbocycles. The maximum atomic E-state index is 11.3. The van der Waals surface area contributed by atoms with Crippen molar-refractivity contribution in [3.8, 4) is 0 Å². The van der Waals surface area contributed by atoms with Crippen molar-refractivity contribution in [2.24, 2.45) is 0 Å². The number of nitrogen functional groups attached to an aromatic ring is 1. The molecule has 0 saturated carbocycles. The van der Waals surface area contributed by atoms with Gasteiger partial charge in [-0.2, -0.15) is 0 Å². The Morgan fingerprint density at radius 2 is 2.29 bits per heavy atom. The predicted molar refractivity (Wildman–Crippen MR) is 70.8 cm³/mol. The monoisotopic (exact) mass is 253 g/mol. The normalized spacial score (nSPS) is 10.7. The number of anilines is 1. The molecule has 0 bridgehead atoms. The first-order valence-corrected chi connectivity index (χ1v) is 5.91. The Morgan fingerprint density at radius 1 is 1.53 bits per heavy atom. The van der Waals surface area contributed by atoms with Crippen LogP contribution in [0.5, 0.6) is 0 Å². The lowest BCUT2D eigenvalue weighted by Gasteiger charge is -2.01. The highest BCUT2D eigenvalue weighted by Gasteiger charge is 1.99. The number of carbonyl (C=O) groups excluding carboxylic acids is 1. The summed E-state index contributed by atoms with van der Waals surface area (Å²) in [4.78, 5) is 11.3. The van der Waals surface area contributed by atoms with E-state index in [0.29, 0.717) is 22.9 Å². The zero-order valence-electron chi connectivity index (χ0n) is 9.78. The molecule has 3 nitrogen and oxygen atoms in total. The minimum Gasteiger partial charge on any atom is -0.463 e. The Balaban J connectivity index is 2.57. The summed E-state index contributed by atoms with van der Waals surface area (Å²) in [7, 11) is 0. The molecule has 0 heterocycles.